The van der Waals surface area contributed by atoms with Gasteiger partial charge in [0.25, 0.3) is 0 Å². The van der Waals surface area contributed by atoms with Gasteiger partial charge in [-0.2, -0.15) is 0 Å². The molecule has 0 aromatic carbocycles. The lowest BCUT2D eigenvalue weighted by Gasteiger charge is -2.47. The second-order valence-electron chi connectivity index (χ2n) is 7.66. The molecule has 0 spiro atoms. The zero-order valence-corrected chi connectivity index (χ0v) is 18.9. The van der Waals surface area contributed by atoms with Crippen molar-refractivity contribution in [3.63, 3.8) is 0 Å². The van der Waals surface area contributed by atoms with Gasteiger partial charge in [0.05, 0.1) is 30.4 Å². The highest BCUT2D eigenvalue weighted by atomic mass is 32.2. The van der Waals surface area contributed by atoms with Crippen LogP contribution in [-0.2, 0) is 23.7 Å². The van der Waals surface area contributed by atoms with Crippen LogP contribution in [0.2, 0.25) is 0 Å². The van der Waals surface area contributed by atoms with E-state index in [2.05, 4.69) is 20.1 Å². The summed E-state index contributed by atoms with van der Waals surface area (Å²) in [5.41, 5.74) is 17.5. The summed E-state index contributed by atoms with van der Waals surface area (Å²) in [6.07, 6.45) is -2.79. The van der Waals surface area contributed by atoms with Gasteiger partial charge in [-0.25, -0.2) is 0 Å². The summed E-state index contributed by atoms with van der Waals surface area (Å²) in [7, 11) is 0. The van der Waals surface area contributed by atoms with E-state index in [1.54, 1.807) is 18.7 Å². The lowest BCUT2D eigenvalue weighted by atomic mass is 9.88. The van der Waals surface area contributed by atoms with Gasteiger partial charge in [-0.3, -0.25) is 4.79 Å². The lowest BCUT2D eigenvalue weighted by Crippen LogP contribution is -2.58. The minimum atomic E-state index is -0.875. The van der Waals surface area contributed by atoms with E-state index in [9.17, 15) is 4.79 Å². The second-order valence-corrected chi connectivity index (χ2v) is 9.03. The summed E-state index contributed by atoms with van der Waals surface area (Å²) < 4.78 is 24.0. The minimum Gasteiger partial charge on any atom is -0.457 e. The average molecular weight is 443 g/mol. The van der Waals surface area contributed by atoms with Crippen LogP contribution in [0.5, 0.6) is 0 Å². The summed E-state index contributed by atoms with van der Waals surface area (Å²) in [6, 6.07) is -0.911. The molecule has 2 aliphatic rings. The fourth-order valence-electron chi connectivity index (χ4n) is 4.10. The molecule has 168 valence electrons. The zero-order valence-electron chi connectivity index (χ0n) is 18.1. The van der Waals surface area contributed by atoms with E-state index < -0.39 is 42.7 Å². The van der Waals surface area contributed by atoms with Crippen molar-refractivity contribution in [3.8, 4) is 0 Å². The Morgan fingerprint density at radius 1 is 1.00 bits per heavy atom. The van der Waals surface area contributed by atoms with Gasteiger partial charge in [0.15, 0.2) is 12.4 Å². The molecule has 2 aliphatic heterocycles. The lowest BCUT2D eigenvalue weighted by molar-refractivity contribution is -0.295. The Kier molecular flexibility index (Phi) is 9.09. The van der Waals surface area contributed by atoms with Crippen molar-refractivity contribution < 1.29 is 23.7 Å². The van der Waals surface area contributed by atoms with Gasteiger partial charge in [-0.1, -0.05) is 31.0 Å². The highest BCUT2D eigenvalue weighted by Gasteiger charge is 2.49. The van der Waals surface area contributed by atoms with Crippen molar-refractivity contribution in [1.29, 1.82) is 0 Å². The number of carbonyl (C=O) groups is 1. The Labute approximate surface area is 180 Å². The van der Waals surface area contributed by atoms with Crippen LogP contribution in [0.1, 0.15) is 41.5 Å². The summed E-state index contributed by atoms with van der Waals surface area (Å²) >= 11 is 1.59. The third-order valence-corrected chi connectivity index (χ3v) is 6.65. The number of rotatable bonds is 7. The Bertz CT molecular complexity index is 701. The first-order valence-corrected chi connectivity index (χ1v) is 11.1. The first-order valence-electron chi connectivity index (χ1n) is 10.1. The molecule has 0 radical (unpaired) electrons. The molecule has 0 aliphatic carbocycles. The van der Waals surface area contributed by atoms with Crippen LogP contribution >= 0.6 is 11.8 Å². The number of ether oxygens (including phenoxy) is 4. The standard InChI is InChI=1S/C18H30N6O5S/c1-7-30-18-16(9(3)14(22-24-20)11(5)27-18)29-17-15(28-12(6)25)8(2)13(21-23-19)10(4)26-17/h8-11,13-18H,7H2,1-6H3/t8-,9-,10?,11?,13-,14-,15?,16?,17+,18+/m0/s1. The van der Waals surface area contributed by atoms with Gasteiger partial charge in [-0.05, 0) is 36.6 Å². The van der Waals surface area contributed by atoms with Gasteiger partial charge in [0.2, 0.25) is 0 Å². The van der Waals surface area contributed by atoms with Crippen LogP contribution in [0.4, 0.5) is 0 Å². The van der Waals surface area contributed by atoms with E-state index in [1.165, 1.54) is 6.92 Å². The van der Waals surface area contributed by atoms with Crippen LogP contribution in [-0.4, -0.2) is 59.9 Å². The smallest absolute Gasteiger partial charge is 0.303 e. The van der Waals surface area contributed by atoms with E-state index >= 15 is 0 Å². The Morgan fingerprint density at radius 3 is 2.03 bits per heavy atom. The number of azide groups is 2. The molecular formula is C18H30N6O5S. The Balaban J connectivity index is 2.32. The van der Waals surface area contributed by atoms with Crippen LogP contribution in [0.15, 0.2) is 10.2 Å². The molecule has 0 saturated carbocycles. The van der Waals surface area contributed by atoms with Crippen LogP contribution in [0, 0.1) is 11.8 Å². The van der Waals surface area contributed by atoms with Gasteiger partial charge in [-0.15, -0.1) is 11.8 Å². The monoisotopic (exact) mass is 442 g/mol. The van der Waals surface area contributed by atoms with Crippen molar-refractivity contribution in [2.24, 2.45) is 22.1 Å². The first-order chi connectivity index (χ1) is 14.2. The van der Waals surface area contributed by atoms with Crippen molar-refractivity contribution in [2.75, 3.05) is 5.75 Å². The van der Waals surface area contributed by atoms with Crippen LogP contribution in [0.3, 0.4) is 0 Å². The third kappa shape index (κ3) is 5.51. The fourth-order valence-corrected chi connectivity index (χ4v) is 5.19. The molecule has 30 heavy (non-hydrogen) atoms. The first kappa shape index (κ1) is 24.6. The van der Waals surface area contributed by atoms with E-state index in [4.69, 9.17) is 30.0 Å². The van der Waals surface area contributed by atoms with Crippen molar-refractivity contribution in [2.45, 2.75) is 89.8 Å². The predicted molar refractivity (Wildman–Crippen MR) is 111 cm³/mol. The van der Waals surface area contributed by atoms with Crippen molar-refractivity contribution in [3.05, 3.63) is 20.9 Å². The Morgan fingerprint density at radius 2 is 1.53 bits per heavy atom. The highest BCUT2D eigenvalue weighted by molar-refractivity contribution is 7.99. The molecule has 11 nitrogen and oxygen atoms in total. The fraction of sp³-hybridized carbons (Fsp3) is 0.944. The number of carbonyl (C=O) groups excluding carboxylic acids is 1. The van der Waals surface area contributed by atoms with Crippen LogP contribution < -0.4 is 0 Å². The normalized spacial score (nSPS) is 41.3. The molecule has 12 heteroatoms. The minimum absolute atomic E-state index is 0.157. The molecule has 0 aromatic rings. The summed E-state index contributed by atoms with van der Waals surface area (Å²) in [5, 5.41) is 7.72. The largest absolute Gasteiger partial charge is 0.457 e. The molecule has 0 aromatic heterocycles. The van der Waals surface area contributed by atoms with Crippen molar-refractivity contribution >= 4 is 17.7 Å². The van der Waals surface area contributed by atoms with Gasteiger partial charge in [0.1, 0.15) is 5.44 Å². The molecule has 0 bridgehead atoms. The van der Waals surface area contributed by atoms with Gasteiger partial charge >= 0.3 is 5.97 Å². The molecule has 2 fully saturated rings. The number of hydrogen-bond acceptors (Lipinski definition) is 8. The van der Waals surface area contributed by atoms with Crippen molar-refractivity contribution in [1.82, 2.24) is 0 Å². The zero-order chi connectivity index (χ0) is 22.4. The SMILES string of the molecule is CCS[C@H]1OC(C)[C@@H](N=[N+]=[N-])[C@H](C)C1O[C@H]1OC(C)[C@@H](N=[N+]=[N-])[C@H](C)C1OC(C)=O. The molecule has 0 amide bonds. The number of nitrogens with zero attached hydrogens (tertiary/aromatic N) is 6. The van der Waals surface area contributed by atoms with E-state index in [0.29, 0.717) is 0 Å². The second kappa shape index (κ2) is 11.1. The highest BCUT2D eigenvalue weighted by Crippen LogP contribution is 2.39. The molecule has 0 N–H and O–H groups in total. The molecule has 2 heterocycles. The maximum atomic E-state index is 11.7. The topological polar surface area (TPSA) is 152 Å². The summed E-state index contributed by atoms with van der Waals surface area (Å²) in [5.74, 6) is -0.148. The summed E-state index contributed by atoms with van der Waals surface area (Å²) in [4.78, 5) is 17.6. The average Bonchev–Trinajstić information content (AvgIpc) is 2.68. The quantitative estimate of drug-likeness (QED) is 0.249. The van der Waals surface area contributed by atoms with E-state index in [-0.39, 0.29) is 23.4 Å². The maximum Gasteiger partial charge on any atom is 0.303 e. The van der Waals surface area contributed by atoms with E-state index in [0.717, 1.165) is 5.75 Å². The van der Waals surface area contributed by atoms with Crippen LogP contribution in [0.25, 0.3) is 20.9 Å². The maximum absolute atomic E-state index is 11.7. The third-order valence-electron chi connectivity index (χ3n) is 5.60. The van der Waals surface area contributed by atoms with E-state index in [1.807, 2.05) is 27.7 Å². The molecule has 10 atom stereocenters. The summed E-state index contributed by atoms with van der Waals surface area (Å²) in [6.45, 7) is 10.8. The number of thioether (sulfide) groups is 1. The van der Waals surface area contributed by atoms with Gasteiger partial charge in [0, 0.05) is 22.7 Å². The number of hydrogen-bond donors (Lipinski definition) is 0. The molecule has 4 unspecified atom stereocenters. The molecule has 2 rings (SSSR count). The predicted octanol–water partition coefficient (Wildman–Crippen LogP) is 4.18. The molecule has 2 saturated heterocycles. The Hall–Kier alpha value is -1.68. The number of esters is 1. The van der Waals surface area contributed by atoms with Gasteiger partial charge < -0.3 is 18.9 Å². The molecular weight excluding hydrogens is 412 g/mol.